The highest BCUT2D eigenvalue weighted by Gasteiger charge is 2.35. The fourth-order valence-corrected chi connectivity index (χ4v) is 6.29. The summed E-state index contributed by atoms with van der Waals surface area (Å²) in [6, 6.07) is 16.3. The van der Waals surface area contributed by atoms with E-state index < -0.39 is 12.0 Å². The zero-order valence-electron chi connectivity index (χ0n) is 22.3. The average Bonchev–Trinajstić information content (AvgIpc) is 3.37. The van der Waals surface area contributed by atoms with Crippen LogP contribution in [-0.2, 0) is 9.53 Å². The van der Waals surface area contributed by atoms with Gasteiger partial charge in [0.2, 0.25) is 0 Å². The first kappa shape index (κ1) is 26.7. The lowest BCUT2D eigenvalue weighted by molar-refractivity contribution is -0.139. The predicted molar refractivity (Wildman–Crippen MR) is 154 cm³/mol. The van der Waals surface area contributed by atoms with Crippen LogP contribution in [0, 0.1) is 13.8 Å². The van der Waals surface area contributed by atoms with Crippen molar-refractivity contribution in [1.82, 2.24) is 9.13 Å². The van der Waals surface area contributed by atoms with Gasteiger partial charge in [0.1, 0.15) is 11.8 Å². The van der Waals surface area contributed by atoms with Crippen LogP contribution < -0.4 is 19.6 Å². The third-order valence-corrected chi connectivity index (χ3v) is 7.99. The summed E-state index contributed by atoms with van der Waals surface area (Å²) in [6.07, 6.45) is 1.88. The summed E-state index contributed by atoms with van der Waals surface area (Å²) < 4.78 is 15.2. The maximum atomic E-state index is 14.0. The van der Waals surface area contributed by atoms with Gasteiger partial charge in [-0.1, -0.05) is 47.2 Å². The zero-order valence-corrected chi connectivity index (χ0v) is 23.9. The van der Waals surface area contributed by atoms with E-state index in [-0.39, 0.29) is 12.2 Å². The maximum absolute atomic E-state index is 14.0. The minimum atomic E-state index is -0.738. The summed E-state index contributed by atoms with van der Waals surface area (Å²) in [5, 5.41) is 0.652. The molecular weight excluding hydrogens is 534 g/mol. The molecule has 9 heteroatoms. The summed E-state index contributed by atoms with van der Waals surface area (Å²) in [6.45, 7) is 7.76. The number of benzene rings is 2. The molecule has 0 spiro atoms. The van der Waals surface area contributed by atoms with Crippen molar-refractivity contribution in [2.24, 2.45) is 4.99 Å². The maximum Gasteiger partial charge on any atom is 0.338 e. The summed E-state index contributed by atoms with van der Waals surface area (Å²) >= 11 is 7.54. The summed E-state index contributed by atoms with van der Waals surface area (Å²) in [7, 11) is 1.57. The van der Waals surface area contributed by atoms with E-state index in [0.717, 1.165) is 22.6 Å². The largest absolute Gasteiger partial charge is 0.496 e. The molecule has 2 aromatic heterocycles. The van der Waals surface area contributed by atoms with Crippen LogP contribution in [0.25, 0.3) is 11.8 Å². The van der Waals surface area contributed by atoms with Crippen LogP contribution in [-0.4, -0.2) is 28.8 Å². The molecule has 3 heterocycles. The molecule has 1 aliphatic rings. The lowest BCUT2D eigenvalue weighted by Gasteiger charge is -2.25. The van der Waals surface area contributed by atoms with Crippen molar-refractivity contribution in [2.75, 3.05) is 13.7 Å². The van der Waals surface area contributed by atoms with E-state index in [0.29, 0.717) is 36.9 Å². The first-order chi connectivity index (χ1) is 18.7. The monoisotopic (exact) mass is 561 g/mol. The highest BCUT2D eigenvalue weighted by atomic mass is 35.5. The van der Waals surface area contributed by atoms with E-state index >= 15 is 0 Å². The van der Waals surface area contributed by atoms with Gasteiger partial charge in [-0.15, -0.1) is 0 Å². The van der Waals surface area contributed by atoms with Crippen LogP contribution in [0.15, 0.2) is 75.7 Å². The predicted octanol–water partition coefficient (Wildman–Crippen LogP) is 4.87. The Kier molecular flexibility index (Phi) is 7.34. The van der Waals surface area contributed by atoms with Gasteiger partial charge in [-0.2, -0.15) is 0 Å². The van der Waals surface area contributed by atoms with Gasteiger partial charge in [0.15, 0.2) is 4.80 Å². The average molecular weight is 562 g/mol. The fourth-order valence-electron chi connectivity index (χ4n) is 5.07. The molecule has 0 unspecified atom stereocenters. The molecule has 0 saturated heterocycles. The SMILES string of the molecule is CCOC(=O)C1=C(C)N=c2s/c(=C/c3cc(C)n(-c4cccc(Cl)c4)c3C)c(=O)n2[C@@H]1c1ccccc1OC. The van der Waals surface area contributed by atoms with Gasteiger partial charge in [0.05, 0.1) is 29.5 Å². The molecule has 1 atom stereocenters. The third-order valence-electron chi connectivity index (χ3n) is 6.77. The second-order valence-corrected chi connectivity index (χ2v) is 10.6. The number of nitrogens with zero attached hydrogens (tertiary/aromatic N) is 3. The Bertz CT molecular complexity index is 1810. The number of fused-ring (bicyclic) bond motifs is 1. The molecular formula is C30H28ClN3O4S. The molecule has 0 bridgehead atoms. The summed E-state index contributed by atoms with van der Waals surface area (Å²) in [5.74, 6) is 0.0626. The number of hydrogen-bond acceptors (Lipinski definition) is 6. The van der Waals surface area contributed by atoms with Crippen molar-refractivity contribution < 1.29 is 14.3 Å². The molecule has 0 N–H and O–H groups in total. The number of allylic oxidation sites excluding steroid dienone is 1. The number of aromatic nitrogens is 2. The van der Waals surface area contributed by atoms with Gasteiger partial charge < -0.3 is 14.0 Å². The molecule has 0 aliphatic carbocycles. The standard InChI is InChI=1S/C30H28ClN3O4S/c1-6-38-29(36)26-18(3)32-30-34(27(26)23-12-7-8-13-24(23)37-5)28(35)25(39-30)15-20-14-17(2)33(19(20)4)22-11-9-10-21(31)16-22/h7-16,27H,6H2,1-5H3/b25-15+/t27-/m1/s1. The number of carbonyl (C=O) groups is 1. The lowest BCUT2D eigenvalue weighted by atomic mass is 9.95. The van der Waals surface area contributed by atoms with Crippen molar-refractivity contribution in [2.45, 2.75) is 33.7 Å². The highest BCUT2D eigenvalue weighted by Crippen LogP contribution is 2.35. The third kappa shape index (κ3) is 4.75. The van der Waals surface area contributed by atoms with Crippen molar-refractivity contribution >= 4 is 35.0 Å². The Hall–Kier alpha value is -3.88. The van der Waals surface area contributed by atoms with Gasteiger partial charge in [0, 0.05) is 27.7 Å². The molecule has 7 nitrogen and oxygen atoms in total. The fraction of sp³-hybridized carbons (Fsp3) is 0.233. The van der Waals surface area contributed by atoms with E-state index in [2.05, 4.69) is 9.56 Å². The van der Waals surface area contributed by atoms with Crippen LogP contribution in [0.2, 0.25) is 5.02 Å². The number of methoxy groups -OCH3 is 1. The van der Waals surface area contributed by atoms with Gasteiger partial charge in [-0.3, -0.25) is 9.36 Å². The molecule has 1 aliphatic heterocycles. The Morgan fingerprint density at radius 2 is 1.90 bits per heavy atom. The summed E-state index contributed by atoms with van der Waals surface area (Å²) in [4.78, 5) is 32.3. The van der Waals surface area contributed by atoms with Crippen molar-refractivity contribution in [3.63, 3.8) is 0 Å². The Morgan fingerprint density at radius 1 is 1.13 bits per heavy atom. The first-order valence-corrected chi connectivity index (χ1v) is 13.7. The first-order valence-electron chi connectivity index (χ1n) is 12.5. The zero-order chi connectivity index (χ0) is 27.8. The summed E-state index contributed by atoms with van der Waals surface area (Å²) in [5.41, 5.74) is 5.13. The van der Waals surface area contributed by atoms with E-state index in [1.54, 1.807) is 25.5 Å². The number of rotatable bonds is 6. The molecule has 4 aromatic rings. The van der Waals surface area contributed by atoms with E-state index in [9.17, 15) is 9.59 Å². The second-order valence-electron chi connectivity index (χ2n) is 9.19. The van der Waals surface area contributed by atoms with Gasteiger partial charge >= 0.3 is 5.97 Å². The number of aryl methyl sites for hydroxylation is 1. The molecule has 200 valence electrons. The lowest BCUT2D eigenvalue weighted by Crippen LogP contribution is -2.40. The van der Waals surface area contributed by atoms with Crippen LogP contribution >= 0.6 is 22.9 Å². The Morgan fingerprint density at radius 3 is 2.62 bits per heavy atom. The van der Waals surface area contributed by atoms with Gasteiger partial charge in [-0.25, -0.2) is 9.79 Å². The van der Waals surface area contributed by atoms with Crippen molar-refractivity contribution in [1.29, 1.82) is 0 Å². The topological polar surface area (TPSA) is 74.8 Å². The second kappa shape index (κ2) is 10.7. The Labute approximate surface area is 234 Å². The number of carbonyl (C=O) groups excluding carboxylic acids is 1. The highest BCUT2D eigenvalue weighted by molar-refractivity contribution is 7.07. The number of ether oxygens (including phenoxy) is 2. The molecule has 39 heavy (non-hydrogen) atoms. The van der Waals surface area contributed by atoms with E-state index in [1.807, 2.05) is 74.5 Å². The minimum absolute atomic E-state index is 0.209. The Balaban J connectivity index is 1.72. The van der Waals surface area contributed by atoms with Crippen LogP contribution in [0.5, 0.6) is 5.75 Å². The van der Waals surface area contributed by atoms with Crippen molar-refractivity contribution in [3.05, 3.63) is 113 Å². The molecule has 2 aromatic carbocycles. The number of para-hydroxylation sites is 1. The molecule has 0 radical (unpaired) electrons. The van der Waals surface area contributed by atoms with Gasteiger partial charge in [0.25, 0.3) is 5.56 Å². The molecule has 0 saturated carbocycles. The number of halogens is 1. The minimum Gasteiger partial charge on any atom is -0.496 e. The number of esters is 1. The van der Waals surface area contributed by atoms with Crippen LogP contribution in [0.4, 0.5) is 0 Å². The van der Waals surface area contributed by atoms with Crippen molar-refractivity contribution in [3.8, 4) is 11.4 Å². The molecule has 5 rings (SSSR count). The number of hydrogen-bond donors (Lipinski definition) is 0. The smallest absolute Gasteiger partial charge is 0.338 e. The van der Waals surface area contributed by atoms with E-state index in [4.69, 9.17) is 21.1 Å². The molecule has 0 fully saturated rings. The normalized spacial score (nSPS) is 15.2. The van der Waals surface area contributed by atoms with Crippen LogP contribution in [0.1, 0.15) is 42.4 Å². The van der Waals surface area contributed by atoms with E-state index in [1.165, 1.54) is 11.3 Å². The van der Waals surface area contributed by atoms with Gasteiger partial charge in [-0.05, 0) is 69.7 Å². The van der Waals surface area contributed by atoms with Crippen LogP contribution in [0.3, 0.4) is 0 Å². The number of thiazole rings is 1. The molecule has 0 amide bonds. The quantitative estimate of drug-likeness (QED) is 0.315.